The largest absolute Gasteiger partial charge is 0.411 e. The predicted molar refractivity (Wildman–Crippen MR) is 72.1 cm³/mol. The van der Waals surface area contributed by atoms with E-state index in [4.69, 9.17) is 0 Å². The molecule has 0 aliphatic heterocycles. The Morgan fingerprint density at radius 1 is 1.35 bits per heavy atom. The molecule has 0 amide bonds. The molecule has 1 unspecified atom stereocenters. The number of likely N-dealkylation sites (N-methyl/N-ethyl adjacent to an activating group) is 1. The zero-order chi connectivity index (χ0) is 15.2. The van der Waals surface area contributed by atoms with Crippen LogP contribution in [0.15, 0.2) is 22.7 Å². The summed E-state index contributed by atoms with van der Waals surface area (Å²) in [6.07, 6.45) is -3.86. The monoisotopic (exact) mass is 357 g/mol. The van der Waals surface area contributed by atoms with E-state index in [1.165, 1.54) is 6.07 Å². The maximum Gasteiger partial charge on any atom is 0.411 e. The smallest absolute Gasteiger partial charge is 0.370 e. The Hall–Kier alpha value is -0.660. The molecular weight excluding hydrogens is 342 g/mol. The highest BCUT2D eigenvalue weighted by atomic mass is 79.9. The summed E-state index contributed by atoms with van der Waals surface area (Å²) in [6, 6.07) is 4.29. The molecule has 114 valence electrons. The van der Waals surface area contributed by atoms with E-state index in [0.29, 0.717) is 17.4 Å². The average Bonchev–Trinajstić information content (AvgIpc) is 2.32. The van der Waals surface area contributed by atoms with Gasteiger partial charge in [0.15, 0.2) is 0 Å². The molecule has 0 aliphatic carbocycles. The fourth-order valence-corrected chi connectivity index (χ4v) is 2.17. The van der Waals surface area contributed by atoms with Crippen molar-refractivity contribution in [2.45, 2.75) is 25.6 Å². The zero-order valence-electron chi connectivity index (χ0n) is 10.9. The van der Waals surface area contributed by atoms with Gasteiger partial charge in [-0.15, -0.1) is 0 Å². The van der Waals surface area contributed by atoms with Crippen LogP contribution in [0.4, 0.5) is 17.6 Å². The molecule has 1 aromatic rings. The second-order valence-corrected chi connectivity index (χ2v) is 5.19. The predicted octanol–water partition coefficient (Wildman–Crippen LogP) is 3.69. The SMILES string of the molecule is CCNC(COCC(F)(F)F)Cc1ccc(F)c(Br)c1. The van der Waals surface area contributed by atoms with Gasteiger partial charge in [0.05, 0.1) is 11.1 Å². The third kappa shape index (κ3) is 6.67. The third-order valence-corrected chi connectivity index (χ3v) is 3.15. The first-order chi connectivity index (χ1) is 9.31. The molecule has 0 spiro atoms. The molecule has 2 nitrogen and oxygen atoms in total. The molecule has 1 N–H and O–H groups in total. The number of benzene rings is 1. The second kappa shape index (κ2) is 7.95. The van der Waals surface area contributed by atoms with Gasteiger partial charge in [-0.3, -0.25) is 0 Å². The zero-order valence-corrected chi connectivity index (χ0v) is 12.5. The molecule has 7 heteroatoms. The molecule has 0 radical (unpaired) electrons. The van der Waals surface area contributed by atoms with Crippen molar-refractivity contribution in [3.05, 3.63) is 34.1 Å². The molecule has 1 aromatic carbocycles. The lowest BCUT2D eigenvalue weighted by Gasteiger charge is -2.19. The molecule has 20 heavy (non-hydrogen) atoms. The highest BCUT2D eigenvalue weighted by molar-refractivity contribution is 9.10. The molecule has 0 saturated carbocycles. The van der Waals surface area contributed by atoms with Crippen molar-refractivity contribution in [2.75, 3.05) is 19.8 Å². The van der Waals surface area contributed by atoms with Gasteiger partial charge < -0.3 is 10.1 Å². The summed E-state index contributed by atoms with van der Waals surface area (Å²) in [7, 11) is 0. The lowest BCUT2D eigenvalue weighted by molar-refractivity contribution is -0.175. The summed E-state index contributed by atoms with van der Waals surface area (Å²) in [6.45, 7) is 1.16. The first-order valence-electron chi connectivity index (χ1n) is 6.13. The summed E-state index contributed by atoms with van der Waals surface area (Å²) < 4.78 is 54.2. The Balaban J connectivity index is 2.55. The molecule has 0 saturated heterocycles. The Labute approximate surface area is 123 Å². The minimum atomic E-state index is -4.32. The molecule has 0 aromatic heterocycles. The second-order valence-electron chi connectivity index (χ2n) is 4.34. The summed E-state index contributed by atoms with van der Waals surface area (Å²) in [5.74, 6) is -0.373. The summed E-state index contributed by atoms with van der Waals surface area (Å²) in [4.78, 5) is 0. The van der Waals surface area contributed by atoms with Crippen molar-refractivity contribution in [1.29, 1.82) is 0 Å². The number of halogens is 5. The minimum absolute atomic E-state index is 0.0532. The number of nitrogens with one attached hydrogen (secondary N) is 1. The Morgan fingerprint density at radius 3 is 2.60 bits per heavy atom. The van der Waals surface area contributed by atoms with Gasteiger partial charge in [-0.05, 0) is 46.6 Å². The van der Waals surface area contributed by atoms with Crippen LogP contribution < -0.4 is 5.32 Å². The van der Waals surface area contributed by atoms with Crippen molar-refractivity contribution in [1.82, 2.24) is 5.32 Å². The first kappa shape index (κ1) is 17.4. The highest BCUT2D eigenvalue weighted by Crippen LogP contribution is 2.18. The highest BCUT2D eigenvalue weighted by Gasteiger charge is 2.27. The maximum atomic E-state index is 13.1. The van der Waals surface area contributed by atoms with Crippen LogP contribution in [0.2, 0.25) is 0 Å². The van der Waals surface area contributed by atoms with E-state index >= 15 is 0 Å². The van der Waals surface area contributed by atoms with Gasteiger partial charge in [-0.2, -0.15) is 13.2 Å². The molecule has 1 atom stereocenters. The van der Waals surface area contributed by atoms with Crippen LogP contribution in [-0.2, 0) is 11.2 Å². The van der Waals surface area contributed by atoms with E-state index in [1.54, 1.807) is 12.1 Å². The maximum absolute atomic E-state index is 13.1. The fraction of sp³-hybridized carbons (Fsp3) is 0.538. The summed E-state index contributed by atoms with van der Waals surface area (Å²) >= 11 is 3.08. The molecule has 0 aliphatic rings. The van der Waals surface area contributed by atoms with E-state index in [2.05, 4.69) is 26.0 Å². The first-order valence-corrected chi connectivity index (χ1v) is 6.93. The standard InChI is InChI=1S/C13H16BrF4NO/c1-2-19-10(7-20-8-13(16,17)18)5-9-3-4-12(15)11(14)6-9/h3-4,6,10,19H,2,5,7-8H2,1H3. The number of ether oxygens (including phenoxy) is 1. The van der Waals surface area contributed by atoms with Crippen LogP contribution in [0, 0.1) is 5.82 Å². The van der Waals surface area contributed by atoms with Crippen LogP contribution in [0.3, 0.4) is 0 Å². The molecule has 0 fully saturated rings. The summed E-state index contributed by atoms with van der Waals surface area (Å²) in [5, 5.41) is 3.05. The van der Waals surface area contributed by atoms with Gasteiger partial charge >= 0.3 is 6.18 Å². The van der Waals surface area contributed by atoms with Gasteiger partial charge in [0, 0.05) is 6.04 Å². The van der Waals surface area contributed by atoms with E-state index < -0.39 is 12.8 Å². The van der Waals surface area contributed by atoms with Crippen LogP contribution in [0.5, 0.6) is 0 Å². The van der Waals surface area contributed by atoms with Crippen molar-refractivity contribution in [3.63, 3.8) is 0 Å². The van der Waals surface area contributed by atoms with E-state index in [0.717, 1.165) is 5.56 Å². The average molecular weight is 358 g/mol. The lowest BCUT2D eigenvalue weighted by Crippen LogP contribution is -2.36. The molecular formula is C13H16BrF4NO. The van der Waals surface area contributed by atoms with Gasteiger partial charge in [0.1, 0.15) is 12.4 Å². The van der Waals surface area contributed by atoms with Crippen molar-refractivity contribution >= 4 is 15.9 Å². The quantitative estimate of drug-likeness (QED) is 0.751. The van der Waals surface area contributed by atoms with E-state index in [1.807, 2.05) is 6.92 Å². The van der Waals surface area contributed by atoms with E-state index in [9.17, 15) is 17.6 Å². The molecule has 0 bridgehead atoms. The van der Waals surface area contributed by atoms with Gasteiger partial charge in [-0.1, -0.05) is 13.0 Å². The van der Waals surface area contributed by atoms with Gasteiger partial charge in [-0.25, -0.2) is 4.39 Å². The number of hydrogen-bond acceptors (Lipinski definition) is 2. The van der Waals surface area contributed by atoms with Crippen LogP contribution in [0.25, 0.3) is 0 Å². The lowest BCUT2D eigenvalue weighted by atomic mass is 10.1. The van der Waals surface area contributed by atoms with Gasteiger partial charge in [0.2, 0.25) is 0 Å². The summed E-state index contributed by atoms with van der Waals surface area (Å²) in [5.41, 5.74) is 0.819. The Bertz CT molecular complexity index is 425. The van der Waals surface area contributed by atoms with Crippen molar-refractivity contribution in [3.8, 4) is 0 Å². The third-order valence-electron chi connectivity index (χ3n) is 2.54. The Morgan fingerprint density at radius 2 is 2.05 bits per heavy atom. The van der Waals surface area contributed by atoms with Crippen LogP contribution in [0.1, 0.15) is 12.5 Å². The van der Waals surface area contributed by atoms with Crippen molar-refractivity contribution in [2.24, 2.45) is 0 Å². The van der Waals surface area contributed by atoms with E-state index in [-0.39, 0.29) is 18.5 Å². The van der Waals surface area contributed by atoms with Crippen LogP contribution >= 0.6 is 15.9 Å². The van der Waals surface area contributed by atoms with Gasteiger partial charge in [0.25, 0.3) is 0 Å². The number of rotatable bonds is 7. The molecule has 1 rings (SSSR count). The fourth-order valence-electron chi connectivity index (χ4n) is 1.75. The Kier molecular flexibility index (Phi) is 6.91. The number of hydrogen-bond donors (Lipinski definition) is 1. The van der Waals surface area contributed by atoms with Crippen LogP contribution in [-0.4, -0.2) is 32.0 Å². The topological polar surface area (TPSA) is 21.3 Å². The molecule has 0 heterocycles. The minimum Gasteiger partial charge on any atom is -0.370 e. The number of alkyl halides is 3. The van der Waals surface area contributed by atoms with Crippen molar-refractivity contribution < 1.29 is 22.3 Å². The normalized spacial score (nSPS) is 13.5.